The number of carbonyl (C=O) groups is 1. The molecule has 0 spiro atoms. The fourth-order valence-corrected chi connectivity index (χ4v) is 3.97. The Kier molecular flexibility index (Phi) is 6.82. The van der Waals surface area contributed by atoms with Gasteiger partial charge in [-0.2, -0.15) is 5.10 Å². The number of furan rings is 1. The lowest BCUT2D eigenvalue weighted by Gasteiger charge is -2.10. The van der Waals surface area contributed by atoms with Crippen molar-refractivity contribution >= 4 is 52.3 Å². The van der Waals surface area contributed by atoms with E-state index in [2.05, 4.69) is 10.4 Å². The van der Waals surface area contributed by atoms with E-state index in [9.17, 15) is 4.79 Å². The zero-order valence-electron chi connectivity index (χ0n) is 16.8. The molecule has 0 bridgehead atoms. The SMILES string of the molecule is Cc1ccc(-c2cc(C(=O)NCCc3ccc(Cl)cc3Cl)n(-c3ccc(Cl)c(Cl)c3)n2)o1. The number of aryl methyl sites for hydroxylation is 1. The van der Waals surface area contributed by atoms with Gasteiger partial charge >= 0.3 is 0 Å². The Morgan fingerprint density at radius 1 is 0.969 bits per heavy atom. The summed E-state index contributed by atoms with van der Waals surface area (Å²) >= 11 is 24.4. The van der Waals surface area contributed by atoms with Crippen LogP contribution in [0.4, 0.5) is 0 Å². The van der Waals surface area contributed by atoms with E-state index >= 15 is 0 Å². The molecule has 0 saturated heterocycles. The molecule has 9 heteroatoms. The quantitative estimate of drug-likeness (QED) is 0.304. The maximum atomic E-state index is 13.1. The van der Waals surface area contributed by atoms with Gasteiger partial charge in [-0.25, -0.2) is 4.68 Å². The van der Waals surface area contributed by atoms with E-state index in [4.69, 9.17) is 50.8 Å². The number of halogens is 4. The third-order valence-corrected chi connectivity index (χ3v) is 6.10. The Labute approximate surface area is 204 Å². The monoisotopic (exact) mass is 507 g/mol. The number of aromatic nitrogens is 2. The number of hydrogen-bond donors (Lipinski definition) is 1. The van der Waals surface area contributed by atoms with Gasteiger partial charge in [-0.1, -0.05) is 52.5 Å². The first-order valence-corrected chi connectivity index (χ1v) is 11.2. The fraction of sp³-hybridized carbons (Fsp3) is 0.130. The molecule has 4 aromatic rings. The largest absolute Gasteiger partial charge is 0.460 e. The molecule has 5 nitrogen and oxygen atoms in total. The van der Waals surface area contributed by atoms with E-state index in [1.165, 1.54) is 4.68 Å². The van der Waals surface area contributed by atoms with Crippen molar-refractivity contribution in [2.24, 2.45) is 0 Å². The van der Waals surface area contributed by atoms with E-state index in [0.29, 0.717) is 55.9 Å². The summed E-state index contributed by atoms with van der Waals surface area (Å²) in [6.45, 7) is 2.22. The molecule has 1 amide bonds. The first-order chi connectivity index (χ1) is 15.3. The highest BCUT2D eigenvalue weighted by molar-refractivity contribution is 6.42. The van der Waals surface area contributed by atoms with E-state index < -0.39 is 0 Å². The van der Waals surface area contributed by atoms with E-state index in [0.717, 1.165) is 11.3 Å². The van der Waals surface area contributed by atoms with Crippen molar-refractivity contribution < 1.29 is 9.21 Å². The van der Waals surface area contributed by atoms with Gasteiger partial charge in [0.15, 0.2) is 5.76 Å². The third kappa shape index (κ3) is 4.97. The molecule has 1 N–H and O–H groups in total. The van der Waals surface area contributed by atoms with Crippen molar-refractivity contribution in [3.8, 4) is 17.1 Å². The van der Waals surface area contributed by atoms with Crippen LogP contribution in [0.3, 0.4) is 0 Å². The fourth-order valence-electron chi connectivity index (χ4n) is 3.17. The summed E-state index contributed by atoms with van der Waals surface area (Å²) in [6, 6.07) is 15.6. The van der Waals surface area contributed by atoms with Crippen LogP contribution in [0.1, 0.15) is 21.8 Å². The Bertz CT molecular complexity index is 1300. The van der Waals surface area contributed by atoms with E-state index in [-0.39, 0.29) is 5.91 Å². The van der Waals surface area contributed by atoms with Crippen LogP contribution >= 0.6 is 46.4 Å². The summed E-state index contributed by atoms with van der Waals surface area (Å²) in [6.07, 6.45) is 0.549. The average Bonchev–Trinajstić information content (AvgIpc) is 3.38. The van der Waals surface area contributed by atoms with Crippen LogP contribution in [-0.2, 0) is 6.42 Å². The molecule has 2 heterocycles. The van der Waals surface area contributed by atoms with Gasteiger partial charge in [0.25, 0.3) is 5.91 Å². The number of carbonyl (C=O) groups excluding carboxylic acids is 1. The Morgan fingerprint density at radius 3 is 2.47 bits per heavy atom. The van der Waals surface area contributed by atoms with Crippen LogP contribution in [0.25, 0.3) is 17.1 Å². The molecule has 2 aromatic heterocycles. The van der Waals surface area contributed by atoms with Crippen molar-refractivity contribution in [1.82, 2.24) is 15.1 Å². The van der Waals surface area contributed by atoms with Crippen LogP contribution in [0.2, 0.25) is 20.1 Å². The predicted molar refractivity (Wildman–Crippen MR) is 129 cm³/mol. The van der Waals surface area contributed by atoms with Gasteiger partial charge in [0, 0.05) is 22.7 Å². The molecule has 0 aliphatic heterocycles. The molecule has 0 unspecified atom stereocenters. The molecule has 0 aliphatic rings. The molecular formula is C23H17Cl4N3O2. The van der Waals surface area contributed by atoms with Gasteiger partial charge in [-0.3, -0.25) is 4.79 Å². The first-order valence-electron chi connectivity index (χ1n) is 9.66. The zero-order chi connectivity index (χ0) is 22.8. The Morgan fingerprint density at radius 2 is 1.78 bits per heavy atom. The summed E-state index contributed by atoms with van der Waals surface area (Å²) in [5.74, 6) is 1.00. The lowest BCUT2D eigenvalue weighted by atomic mass is 10.1. The van der Waals surface area contributed by atoms with Crippen LogP contribution in [-0.4, -0.2) is 22.2 Å². The highest BCUT2D eigenvalue weighted by Gasteiger charge is 2.19. The van der Waals surface area contributed by atoms with Gasteiger partial charge in [-0.05, 0) is 61.4 Å². The van der Waals surface area contributed by atoms with Crippen molar-refractivity contribution in [1.29, 1.82) is 0 Å². The second-order valence-electron chi connectivity index (χ2n) is 7.08. The number of nitrogens with zero attached hydrogens (tertiary/aromatic N) is 2. The smallest absolute Gasteiger partial charge is 0.270 e. The molecule has 0 radical (unpaired) electrons. The summed E-state index contributed by atoms with van der Waals surface area (Å²) in [4.78, 5) is 13.1. The highest BCUT2D eigenvalue weighted by Crippen LogP contribution is 2.28. The normalized spacial score (nSPS) is 11.0. The minimum Gasteiger partial charge on any atom is -0.460 e. The van der Waals surface area contributed by atoms with Gasteiger partial charge in [0.2, 0.25) is 0 Å². The number of nitrogens with one attached hydrogen (secondary N) is 1. The van der Waals surface area contributed by atoms with Crippen molar-refractivity contribution in [2.45, 2.75) is 13.3 Å². The second kappa shape index (κ2) is 9.59. The minimum absolute atomic E-state index is 0.303. The third-order valence-electron chi connectivity index (χ3n) is 4.78. The summed E-state index contributed by atoms with van der Waals surface area (Å²) in [7, 11) is 0. The molecule has 32 heavy (non-hydrogen) atoms. The number of rotatable bonds is 6. The van der Waals surface area contributed by atoms with E-state index in [1.807, 2.05) is 19.1 Å². The highest BCUT2D eigenvalue weighted by atomic mass is 35.5. The Balaban J connectivity index is 1.61. The van der Waals surface area contributed by atoms with Crippen LogP contribution in [0.5, 0.6) is 0 Å². The molecule has 164 valence electrons. The maximum Gasteiger partial charge on any atom is 0.270 e. The lowest BCUT2D eigenvalue weighted by Crippen LogP contribution is -2.28. The number of amides is 1. The van der Waals surface area contributed by atoms with Crippen molar-refractivity contribution in [3.63, 3.8) is 0 Å². The minimum atomic E-state index is -0.303. The zero-order valence-corrected chi connectivity index (χ0v) is 19.9. The summed E-state index contributed by atoms with van der Waals surface area (Å²) in [5, 5.41) is 9.38. The van der Waals surface area contributed by atoms with E-state index in [1.54, 1.807) is 42.5 Å². The first kappa shape index (κ1) is 22.7. The van der Waals surface area contributed by atoms with Crippen LogP contribution < -0.4 is 5.32 Å². The molecule has 0 aliphatic carbocycles. The molecule has 0 fully saturated rings. The summed E-state index contributed by atoms with van der Waals surface area (Å²) in [5.41, 5.74) is 2.34. The van der Waals surface area contributed by atoms with Gasteiger partial charge < -0.3 is 9.73 Å². The summed E-state index contributed by atoms with van der Waals surface area (Å²) < 4.78 is 7.19. The molecule has 0 saturated carbocycles. The number of benzene rings is 2. The molecule has 2 aromatic carbocycles. The van der Waals surface area contributed by atoms with Crippen molar-refractivity contribution in [3.05, 3.63) is 91.7 Å². The topological polar surface area (TPSA) is 60.1 Å². The van der Waals surface area contributed by atoms with Gasteiger partial charge in [0.1, 0.15) is 17.1 Å². The maximum absolute atomic E-state index is 13.1. The lowest BCUT2D eigenvalue weighted by molar-refractivity contribution is 0.0946. The molecular weight excluding hydrogens is 492 g/mol. The van der Waals surface area contributed by atoms with Crippen LogP contribution in [0.15, 0.2) is 59.0 Å². The standard InChI is InChI=1S/C23H17Cl4N3O2/c1-13-2-7-22(32-13)20-12-21(30(29-20)16-5-6-17(25)19(27)11-16)23(31)28-9-8-14-3-4-15(24)10-18(14)26/h2-7,10-12H,8-9H2,1H3,(H,28,31). The number of hydrogen-bond acceptors (Lipinski definition) is 3. The molecule has 0 atom stereocenters. The van der Waals surface area contributed by atoms with Gasteiger partial charge in [-0.15, -0.1) is 0 Å². The average molecular weight is 509 g/mol. The van der Waals surface area contributed by atoms with Gasteiger partial charge in [0.05, 0.1) is 15.7 Å². The molecule has 4 rings (SSSR count). The second-order valence-corrected chi connectivity index (χ2v) is 8.73. The van der Waals surface area contributed by atoms with Crippen LogP contribution in [0, 0.1) is 6.92 Å². The van der Waals surface area contributed by atoms with Crippen molar-refractivity contribution in [2.75, 3.05) is 6.54 Å². The Hall–Kier alpha value is -2.44. The predicted octanol–water partition coefficient (Wildman–Crippen LogP) is 7.03.